The van der Waals surface area contributed by atoms with Crippen molar-refractivity contribution in [1.82, 2.24) is 16.0 Å². The minimum absolute atomic E-state index is 0.294. The molecule has 0 saturated heterocycles. The van der Waals surface area contributed by atoms with E-state index in [9.17, 15) is 19.2 Å². The molecular formula is C11H20N4O5S. The Bertz CT molecular complexity index is 391. The van der Waals surface area contributed by atoms with E-state index in [-0.39, 0.29) is 13.1 Å². The first-order valence-corrected chi connectivity index (χ1v) is 7.53. The van der Waals surface area contributed by atoms with Crippen LogP contribution in [0.25, 0.3) is 0 Å². The number of nitrogens with two attached hydrogens (primary N) is 1. The minimum Gasteiger partial charge on any atom is -0.480 e. The topological polar surface area (TPSA) is 151 Å². The summed E-state index contributed by atoms with van der Waals surface area (Å²) in [4.78, 5) is 44.2. The fraction of sp³-hybridized carbons (Fsp3) is 0.636. The molecule has 21 heavy (non-hydrogen) atoms. The van der Waals surface area contributed by atoms with Crippen LogP contribution in [0, 0.1) is 0 Å². The molecule has 0 spiro atoms. The van der Waals surface area contributed by atoms with Gasteiger partial charge in [0.05, 0.1) is 19.1 Å². The van der Waals surface area contributed by atoms with E-state index in [0.29, 0.717) is 6.42 Å². The van der Waals surface area contributed by atoms with Crippen LogP contribution in [0.1, 0.15) is 6.42 Å². The Kier molecular flexibility index (Phi) is 9.98. The molecule has 0 heterocycles. The molecule has 9 nitrogen and oxygen atoms in total. The Morgan fingerprint density at radius 2 is 1.57 bits per heavy atom. The van der Waals surface area contributed by atoms with Gasteiger partial charge in [0.1, 0.15) is 6.54 Å². The van der Waals surface area contributed by atoms with Gasteiger partial charge in [-0.3, -0.25) is 19.2 Å². The van der Waals surface area contributed by atoms with Crippen LogP contribution in [0.2, 0.25) is 0 Å². The summed E-state index contributed by atoms with van der Waals surface area (Å²) in [5.74, 6) is -2.07. The number of aliphatic carboxylic acids is 1. The molecule has 0 radical (unpaired) electrons. The van der Waals surface area contributed by atoms with Crippen molar-refractivity contribution < 1.29 is 24.3 Å². The van der Waals surface area contributed by atoms with Crippen molar-refractivity contribution >= 4 is 35.5 Å². The molecule has 0 saturated carbocycles. The fourth-order valence-electron chi connectivity index (χ4n) is 1.15. The first-order valence-electron chi connectivity index (χ1n) is 6.14. The highest BCUT2D eigenvalue weighted by Crippen LogP contribution is 1.98. The van der Waals surface area contributed by atoms with Crippen LogP contribution in [0.5, 0.6) is 0 Å². The smallest absolute Gasteiger partial charge is 0.322 e. The van der Waals surface area contributed by atoms with Gasteiger partial charge < -0.3 is 26.8 Å². The number of carboxylic acids is 1. The maximum Gasteiger partial charge on any atom is 0.322 e. The molecule has 3 amide bonds. The summed E-state index contributed by atoms with van der Waals surface area (Å²) in [6, 6.07) is -0.677. The van der Waals surface area contributed by atoms with Crippen LogP contribution in [0.15, 0.2) is 0 Å². The van der Waals surface area contributed by atoms with Gasteiger partial charge in [-0.1, -0.05) is 0 Å². The van der Waals surface area contributed by atoms with Crippen LogP contribution in [-0.4, -0.2) is 66.5 Å². The Balaban J connectivity index is 3.82. The summed E-state index contributed by atoms with van der Waals surface area (Å²) in [7, 11) is 0. The number of carbonyl (C=O) groups is 4. The molecule has 0 aliphatic heterocycles. The summed E-state index contributed by atoms with van der Waals surface area (Å²) in [5, 5.41) is 15.0. The molecule has 0 fully saturated rings. The van der Waals surface area contributed by atoms with E-state index in [1.807, 2.05) is 6.26 Å². The summed E-state index contributed by atoms with van der Waals surface area (Å²) in [5.41, 5.74) is 5.60. The van der Waals surface area contributed by atoms with Gasteiger partial charge in [0.2, 0.25) is 17.7 Å². The molecule has 6 N–H and O–H groups in total. The Labute approximate surface area is 126 Å². The lowest BCUT2D eigenvalue weighted by molar-refractivity contribution is -0.137. The van der Waals surface area contributed by atoms with Gasteiger partial charge in [-0.25, -0.2) is 0 Å². The third-order valence-corrected chi connectivity index (χ3v) is 2.92. The monoisotopic (exact) mass is 320 g/mol. The largest absolute Gasteiger partial charge is 0.480 e. The lowest BCUT2D eigenvalue weighted by Gasteiger charge is -2.11. The fourth-order valence-corrected chi connectivity index (χ4v) is 1.64. The second-order valence-electron chi connectivity index (χ2n) is 4.05. The van der Waals surface area contributed by atoms with E-state index in [4.69, 9.17) is 10.8 Å². The third-order valence-electron chi connectivity index (χ3n) is 2.28. The van der Waals surface area contributed by atoms with Crippen LogP contribution >= 0.6 is 11.8 Å². The van der Waals surface area contributed by atoms with Gasteiger partial charge in [-0.2, -0.15) is 11.8 Å². The van der Waals surface area contributed by atoms with Crippen molar-refractivity contribution in [3.05, 3.63) is 0 Å². The first kappa shape index (κ1) is 19.2. The van der Waals surface area contributed by atoms with Crippen molar-refractivity contribution in [2.24, 2.45) is 5.73 Å². The van der Waals surface area contributed by atoms with E-state index < -0.39 is 36.3 Å². The molecule has 0 aliphatic rings. The average molecular weight is 320 g/mol. The maximum atomic E-state index is 11.5. The van der Waals surface area contributed by atoms with Crippen molar-refractivity contribution in [3.8, 4) is 0 Å². The van der Waals surface area contributed by atoms with Gasteiger partial charge >= 0.3 is 5.97 Å². The second kappa shape index (κ2) is 10.9. The standard InChI is InChI=1S/C11H20N4O5S/c1-21-3-2-7(12)11(20)15-5-9(17)13-4-8(16)14-6-10(18)19/h7H,2-6,12H2,1H3,(H,13,17)(H,14,16)(H,15,20)(H,18,19)/t7-/m0/s1. The zero-order valence-electron chi connectivity index (χ0n) is 11.7. The molecule has 0 aliphatic carbocycles. The van der Waals surface area contributed by atoms with Gasteiger partial charge in [0.15, 0.2) is 0 Å². The number of carboxylic acid groups (broad SMARTS) is 1. The summed E-state index contributed by atoms with van der Waals surface area (Å²) < 4.78 is 0. The molecule has 1 atom stereocenters. The lowest BCUT2D eigenvalue weighted by atomic mass is 10.2. The number of rotatable bonds is 10. The number of thioether (sulfide) groups is 1. The highest BCUT2D eigenvalue weighted by atomic mass is 32.2. The molecule has 0 bridgehead atoms. The summed E-state index contributed by atoms with van der Waals surface area (Å²) in [6.45, 7) is -1.17. The quantitative estimate of drug-likeness (QED) is 0.298. The van der Waals surface area contributed by atoms with Gasteiger partial charge in [0.25, 0.3) is 0 Å². The summed E-state index contributed by atoms with van der Waals surface area (Å²) >= 11 is 1.56. The lowest BCUT2D eigenvalue weighted by Crippen LogP contribution is -2.46. The highest BCUT2D eigenvalue weighted by molar-refractivity contribution is 7.98. The Hall–Kier alpha value is -1.81. The molecular weight excluding hydrogens is 300 g/mol. The number of hydrogen-bond donors (Lipinski definition) is 5. The molecule has 0 aromatic heterocycles. The van der Waals surface area contributed by atoms with Crippen molar-refractivity contribution in [1.29, 1.82) is 0 Å². The van der Waals surface area contributed by atoms with Crippen LogP contribution in [0.3, 0.4) is 0 Å². The van der Waals surface area contributed by atoms with E-state index in [0.717, 1.165) is 5.75 Å². The normalized spacial score (nSPS) is 11.3. The Morgan fingerprint density at radius 1 is 1.05 bits per heavy atom. The predicted octanol–water partition coefficient (Wildman–Crippen LogP) is -2.50. The minimum atomic E-state index is -1.18. The zero-order valence-corrected chi connectivity index (χ0v) is 12.5. The molecule has 0 aromatic carbocycles. The van der Waals surface area contributed by atoms with Crippen LogP contribution < -0.4 is 21.7 Å². The van der Waals surface area contributed by atoms with Gasteiger partial charge in [-0.05, 0) is 18.4 Å². The highest BCUT2D eigenvalue weighted by Gasteiger charge is 2.14. The first-order chi connectivity index (χ1) is 9.86. The SMILES string of the molecule is CSCC[C@H](N)C(=O)NCC(=O)NCC(=O)NCC(=O)O. The molecule has 0 rings (SSSR count). The number of carbonyl (C=O) groups excluding carboxylic acids is 3. The molecule has 10 heteroatoms. The van der Waals surface area contributed by atoms with E-state index in [2.05, 4.69) is 16.0 Å². The van der Waals surface area contributed by atoms with Crippen LogP contribution in [-0.2, 0) is 19.2 Å². The average Bonchev–Trinajstić information content (AvgIpc) is 2.45. The predicted molar refractivity (Wildman–Crippen MR) is 77.6 cm³/mol. The van der Waals surface area contributed by atoms with E-state index >= 15 is 0 Å². The Morgan fingerprint density at radius 3 is 2.10 bits per heavy atom. The van der Waals surface area contributed by atoms with Crippen molar-refractivity contribution in [2.45, 2.75) is 12.5 Å². The number of nitrogens with one attached hydrogen (secondary N) is 3. The number of amides is 3. The van der Waals surface area contributed by atoms with E-state index in [1.165, 1.54) is 0 Å². The molecule has 0 unspecified atom stereocenters. The van der Waals surface area contributed by atoms with Crippen molar-refractivity contribution in [2.75, 3.05) is 31.6 Å². The number of hydrogen-bond acceptors (Lipinski definition) is 6. The molecule has 0 aromatic rings. The van der Waals surface area contributed by atoms with Crippen molar-refractivity contribution in [3.63, 3.8) is 0 Å². The third kappa shape index (κ3) is 10.6. The van der Waals surface area contributed by atoms with Gasteiger partial charge in [-0.15, -0.1) is 0 Å². The van der Waals surface area contributed by atoms with Gasteiger partial charge in [0, 0.05) is 0 Å². The molecule has 120 valence electrons. The van der Waals surface area contributed by atoms with Crippen LogP contribution in [0.4, 0.5) is 0 Å². The maximum absolute atomic E-state index is 11.5. The zero-order chi connectivity index (χ0) is 16.3. The summed E-state index contributed by atoms with van der Waals surface area (Å²) in [6.07, 6.45) is 2.40. The second-order valence-corrected chi connectivity index (χ2v) is 5.04. The van der Waals surface area contributed by atoms with E-state index in [1.54, 1.807) is 11.8 Å².